The summed E-state index contributed by atoms with van der Waals surface area (Å²) in [6.45, 7) is 0.550. The third-order valence-electron chi connectivity index (χ3n) is 2.62. The predicted octanol–water partition coefficient (Wildman–Crippen LogP) is 3.02. The van der Waals surface area contributed by atoms with Crippen LogP contribution in [0.4, 0.5) is 10.3 Å². The lowest BCUT2D eigenvalue weighted by atomic mass is 10.3. The fourth-order valence-electron chi connectivity index (χ4n) is 1.78. The molecule has 1 aromatic carbocycles. The van der Waals surface area contributed by atoms with Gasteiger partial charge in [0, 0.05) is 17.1 Å². The van der Waals surface area contributed by atoms with Crippen LogP contribution in [0.5, 0.6) is 0 Å². The highest BCUT2D eigenvalue weighted by Crippen LogP contribution is 2.26. The zero-order valence-electron chi connectivity index (χ0n) is 9.10. The van der Waals surface area contributed by atoms with Crippen LogP contribution in [0.15, 0.2) is 28.3 Å². The van der Waals surface area contributed by atoms with Crippen LogP contribution in [-0.4, -0.2) is 14.5 Å². The number of aromatic nitrogens is 3. The molecule has 0 spiro atoms. The summed E-state index contributed by atoms with van der Waals surface area (Å²) in [5, 5.41) is 0. The number of nitrogens with two attached hydrogens (primary N) is 1. The molecule has 3 rings (SSSR count). The average Bonchev–Trinajstić information content (AvgIpc) is 2.92. The molecule has 0 aliphatic rings. The van der Waals surface area contributed by atoms with Gasteiger partial charge >= 0.3 is 0 Å². The zero-order valence-corrected chi connectivity index (χ0v) is 11.5. The van der Waals surface area contributed by atoms with E-state index in [9.17, 15) is 4.39 Å². The predicted molar refractivity (Wildman–Crippen MR) is 73.0 cm³/mol. The Hall–Kier alpha value is -1.47. The van der Waals surface area contributed by atoms with Crippen LogP contribution in [0.25, 0.3) is 11.0 Å². The van der Waals surface area contributed by atoms with Gasteiger partial charge in [0.25, 0.3) is 0 Å². The number of nitrogen functional groups attached to an aromatic ring is 1. The van der Waals surface area contributed by atoms with Crippen LogP contribution in [0.2, 0.25) is 0 Å². The van der Waals surface area contributed by atoms with Gasteiger partial charge in [-0.05, 0) is 22.0 Å². The lowest BCUT2D eigenvalue weighted by molar-refractivity contribution is 0.622. The molecule has 0 radical (unpaired) electrons. The van der Waals surface area contributed by atoms with Crippen molar-refractivity contribution >= 4 is 44.2 Å². The van der Waals surface area contributed by atoms with Crippen molar-refractivity contribution in [1.29, 1.82) is 0 Å². The summed E-state index contributed by atoms with van der Waals surface area (Å²) in [6, 6.07) is 3.06. The molecule has 0 amide bonds. The number of rotatable bonds is 2. The smallest absolute Gasteiger partial charge is 0.201 e. The van der Waals surface area contributed by atoms with Crippen LogP contribution in [0, 0.1) is 5.82 Å². The maximum absolute atomic E-state index is 13.6. The van der Waals surface area contributed by atoms with E-state index in [1.165, 1.54) is 17.4 Å². The van der Waals surface area contributed by atoms with E-state index in [2.05, 4.69) is 25.9 Å². The molecule has 0 aliphatic carbocycles. The van der Waals surface area contributed by atoms with Crippen LogP contribution in [-0.2, 0) is 6.54 Å². The molecule has 4 nitrogen and oxygen atoms in total. The van der Waals surface area contributed by atoms with E-state index in [1.807, 2.05) is 0 Å². The summed E-state index contributed by atoms with van der Waals surface area (Å²) >= 11 is 4.67. The topological polar surface area (TPSA) is 56.7 Å². The van der Waals surface area contributed by atoms with Crippen molar-refractivity contribution in [2.24, 2.45) is 0 Å². The highest BCUT2D eigenvalue weighted by atomic mass is 79.9. The molecule has 2 aromatic heterocycles. The second-order valence-corrected chi connectivity index (χ2v) is 5.60. The van der Waals surface area contributed by atoms with E-state index in [4.69, 9.17) is 5.73 Å². The second kappa shape index (κ2) is 4.33. The molecule has 0 saturated carbocycles. The number of hydrogen-bond acceptors (Lipinski definition) is 4. The molecule has 0 unspecified atom stereocenters. The Morgan fingerprint density at radius 2 is 2.28 bits per heavy atom. The lowest BCUT2D eigenvalue weighted by Crippen LogP contribution is -2.03. The van der Waals surface area contributed by atoms with Crippen molar-refractivity contribution in [1.82, 2.24) is 14.5 Å². The number of fused-ring (bicyclic) bond motifs is 1. The third-order valence-corrected chi connectivity index (χ3v) is 3.99. The van der Waals surface area contributed by atoms with Crippen molar-refractivity contribution in [3.63, 3.8) is 0 Å². The van der Waals surface area contributed by atoms with Crippen LogP contribution < -0.4 is 5.73 Å². The quantitative estimate of drug-likeness (QED) is 0.787. The minimum Gasteiger partial charge on any atom is -0.369 e. The largest absolute Gasteiger partial charge is 0.369 e. The maximum atomic E-state index is 13.6. The van der Waals surface area contributed by atoms with E-state index in [0.717, 1.165) is 4.88 Å². The Balaban J connectivity index is 2.16. The number of imidazole rings is 1. The first-order valence-corrected chi connectivity index (χ1v) is 6.80. The van der Waals surface area contributed by atoms with Gasteiger partial charge in [0.05, 0.1) is 27.6 Å². The van der Waals surface area contributed by atoms with Gasteiger partial charge < -0.3 is 10.3 Å². The van der Waals surface area contributed by atoms with Crippen LogP contribution in [0.1, 0.15) is 4.88 Å². The molecule has 0 fully saturated rings. The van der Waals surface area contributed by atoms with Gasteiger partial charge in [0.1, 0.15) is 5.82 Å². The summed E-state index contributed by atoms with van der Waals surface area (Å²) in [4.78, 5) is 9.28. The van der Waals surface area contributed by atoms with E-state index >= 15 is 0 Å². The SMILES string of the molecule is Nc1nc2cc(Br)c(F)cc2n1Cc1cncs1. The van der Waals surface area contributed by atoms with Crippen molar-refractivity contribution in [2.75, 3.05) is 5.73 Å². The zero-order chi connectivity index (χ0) is 12.7. The fraction of sp³-hybridized carbons (Fsp3) is 0.0909. The summed E-state index contributed by atoms with van der Waals surface area (Å²) in [5.41, 5.74) is 8.97. The number of benzene rings is 1. The molecule has 2 N–H and O–H groups in total. The third kappa shape index (κ3) is 1.89. The number of nitrogens with zero attached hydrogens (tertiary/aromatic N) is 3. The minimum atomic E-state index is -0.326. The molecule has 92 valence electrons. The Morgan fingerprint density at radius 1 is 1.44 bits per heavy atom. The molecule has 0 saturated heterocycles. The molecule has 3 aromatic rings. The number of thiazole rings is 1. The van der Waals surface area contributed by atoms with E-state index in [1.54, 1.807) is 22.3 Å². The first-order valence-electron chi connectivity index (χ1n) is 5.13. The number of halogens is 2. The Kier molecular flexibility index (Phi) is 2.79. The lowest BCUT2D eigenvalue weighted by Gasteiger charge is -2.04. The molecule has 0 bridgehead atoms. The second-order valence-electron chi connectivity index (χ2n) is 3.78. The highest BCUT2D eigenvalue weighted by molar-refractivity contribution is 9.10. The van der Waals surface area contributed by atoms with Gasteiger partial charge in [-0.1, -0.05) is 0 Å². The number of anilines is 1. The summed E-state index contributed by atoms with van der Waals surface area (Å²) in [7, 11) is 0. The van der Waals surface area contributed by atoms with Crippen LogP contribution in [0.3, 0.4) is 0 Å². The number of hydrogen-bond donors (Lipinski definition) is 1. The van der Waals surface area contributed by atoms with Gasteiger partial charge in [-0.2, -0.15) is 0 Å². The minimum absolute atomic E-state index is 0.326. The monoisotopic (exact) mass is 326 g/mol. The first-order chi connectivity index (χ1) is 8.65. The summed E-state index contributed by atoms with van der Waals surface area (Å²) in [5.74, 6) is 0.0452. The van der Waals surface area contributed by atoms with Crippen molar-refractivity contribution in [3.8, 4) is 0 Å². The molecule has 2 heterocycles. The highest BCUT2D eigenvalue weighted by Gasteiger charge is 2.12. The van der Waals surface area contributed by atoms with Crippen LogP contribution >= 0.6 is 27.3 Å². The van der Waals surface area contributed by atoms with Crippen molar-refractivity contribution in [3.05, 3.63) is 39.0 Å². The standard InChI is InChI=1S/C11H8BrFN4S/c12-7-1-9-10(2-8(7)13)17(11(14)16-9)4-6-3-15-5-18-6/h1-3,5H,4H2,(H2,14,16). The van der Waals surface area contributed by atoms with E-state index < -0.39 is 0 Å². The van der Waals surface area contributed by atoms with Crippen molar-refractivity contribution < 1.29 is 4.39 Å². The Labute approximate surface area is 114 Å². The summed E-state index contributed by atoms with van der Waals surface area (Å²) < 4.78 is 15.7. The average molecular weight is 327 g/mol. The molecular weight excluding hydrogens is 319 g/mol. The molecule has 18 heavy (non-hydrogen) atoms. The van der Waals surface area contributed by atoms with Crippen molar-refractivity contribution in [2.45, 2.75) is 6.54 Å². The molecular formula is C11H8BrFN4S. The fourth-order valence-corrected chi connectivity index (χ4v) is 2.69. The Bertz CT molecular complexity index is 707. The normalized spacial score (nSPS) is 11.2. The van der Waals surface area contributed by atoms with Gasteiger partial charge in [-0.3, -0.25) is 4.98 Å². The first kappa shape index (κ1) is 11.6. The Morgan fingerprint density at radius 3 is 3.00 bits per heavy atom. The van der Waals surface area contributed by atoms with Gasteiger partial charge in [-0.15, -0.1) is 11.3 Å². The van der Waals surface area contributed by atoms with Gasteiger partial charge in [0.15, 0.2) is 0 Å². The van der Waals surface area contributed by atoms with E-state index in [-0.39, 0.29) is 5.82 Å². The molecule has 7 heteroatoms. The summed E-state index contributed by atoms with van der Waals surface area (Å²) in [6.07, 6.45) is 1.77. The molecule has 0 atom stereocenters. The molecule has 0 aliphatic heterocycles. The van der Waals surface area contributed by atoms with Gasteiger partial charge in [0.2, 0.25) is 5.95 Å². The van der Waals surface area contributed by atoms with E-state index in [0.29, 0.717) is 28.0 Å². The maximum Gasteiger partial charge on any atom is 0.201 e. The van der Waals surface area contributed by atoms with Gasteiger partial charge in [-0.25, -0.2) is 9.37 Å².